The fraction of sp³-hybridized carbons (Fsp3) is 0.222. The van der Waals surface area contributed by atoms with E-state index in [1.165, 1.54) is 4.90 Å². The molecule has 4 heteroatoms. The van der Waals surface area contributed by atoms with E-state index >= 15 is 0 Å². The van der Waals surface area contributed by atoms with E-state index in [1.807, 2.05) is 0 Å². The number of rotatable bonds is 1. The Hall–Kier alpha value is -1.22. The highest BCUT2D eigenvalue weighted by Gasteiger charge is 2.05. The Morgan fingerprint density at radius 3 is 2.08 bits per heavy atom. The lowest BCUT2D eigenvalue weighted by Crippen LogP contribution is -2.21. The third-order valence-corrected chi connectivity index (χ3v) is 1.56. The topological polar surface area (TPSA) is 46.3 Å². The van der Waals surface area contributed by atoms with E-state index in [0.717, 1.165) is 0 Å². The first-order valence-electron chi connectivity index (χ1n) is 3.68. The van der Waals surface area contributed by atoms with Crippen molar-refractivity contribution in [1.29, 1.82) is 0 Å². The molecule has 1 aromatic carbocycles. The van der Waals surface area contributed by atoms with Gasteiger partial charge in [-0.05, 0) is 24.3 Å². The van der Waals surface area contributed by atoms with Gasteiger partial charge in [-0.25, -0.2) is 0 Å². The molecular weight excluding hydrogens is 188 g/mol. The summed E-state index contributed by atoms with van der Waals surface area (Å²) in [5, 5.41) is 0. The molecule has 0 saturated heterocycles. The lowest BCUT2D eigenvalue weighted by molar-refractivity contribution is 0.0827. The van der Waals surface area contributed by atoms with E-state index < -0.39 is 0 Å². The predicted molar refractivity (Wildman–Crippen MR) is 56.1 cm³/mol. The van der Waals surface area contributed by atoms with Gasteiger partial charge in [0, 0.05) is 25.3 Å². The average Bonchev–Trinajstić information content (AvgIpc) is 2.04. The number of benzene rings is 1. The van der Waals surface area contributed by atoms with Crippen LogP contribution in [-0.2, 0) is 0 Å². The Morgan fingerprint density at radius 1 is 1.23 bits per heavy atom. The minimum absolute atomic E-state index is 0. The van der Waals surface area contributed by atoms with Gasteiger partial charge in [0.25, 0.3) is 5.91 Å². The van der Waals surface area contributed by atoms with E-state index in [1.54, 1.807) is 38.4 Å². The van der Waals surface area contributed by atoms with Crippen molar-refractivity contribution in [3.63, 3.8) is 0 Å². The minimum Gasteiger partial charge on any atom is -0.399 e. The van der Waals surface area contributed by atoms with Gasteiger partial charge in [0.1, 0.15) is 0 Å². The maximum atomic E-state index is 11.3. The molecule has 13 heavy (non-hydrogen) atoms. The van der Waals surface area contributed by atoms with Crippen LogP contribution in [0.5, 0.6) is 0 Å². The number of nitrogen functional groups attached to an aromatic ring is 1. The third kappa shape index (κ3) is 2.95. The van der Waals surface area contributed by atoms with Gasteiger partial charge in [0.15, 0.2) is 0 Å². The number of hydrogen-bond acceptors (Lipinski definition) is 2. The van der Waals surface area contributed by atoms with Crippen LogP contribution < -0.4 is 5.73 Å². The van der Waals surface area contributed by atoms with Crippen molar-refractivity contribution in [2.45, 2.75) is 0 Å². The first kappa shape index (κ1) is 11.8. The quantitative estimate of drug-likeness (QED) is 0.697. The highest BCUT2D eigenvalue weighted by atomic mass is 35.5. The van der Waals surface area contributed by atoms with Gasteiger partial charge in [-0.1, -0.05) is 0 Å². The zero-order valence-electron chi connectivity index (χ0n) is 7.65. The summed E-state index contributed by atoms with van der Waals surface area (Å²) in [7, 11) is 3.44. The lowest BCUT2D eigenvalue weighted by atomic mass is 10.2. The second-order valence-corrected chi connectivity index (χ2v) is 2.82. The molecule has 0 radical (unpaired) electrons. The number of nitrogens with two attached hydrogens (primary N) is 1. The van der Waals surface area contributed by atoms with E-state index in [9.17, 15) is 4.79 Å². The molecule has 3 nitrogen and oxygen atoms in total. The summed E-state index contributed by atoms with van der Waals surface area (Å²) in [4.78, 5) is 12.9. The number of carbonyl (C=O) groups is 1. The van der Waals surface area contributed by atoms with E-state index in [4.69, 9.17) is 5.73 Å². The highest BCUT2D eigenvalue weighted by molar-refractivity contribution is 5.94. The van der Waals surface area contributed by atoms with E-state index in [-0.39, 0.29) is 18.3 Å². The molecule has 72 valence electrons. The zero-order chi connectivity index (χ0) is 9.14. The van der Waals surface area contributed by atoms with Crippen molar-refractivity contribution in [2.75, 3.05) is 19.8 Å². The van der Waals surface area contributed by atoms with Gasteiger partial charge in [0.2, 0.25) is 0 Å². The van der Waals surface area contributed by atoms with Crippen LogP contribution in [0.1, 0.15) is 10.4 Å². The van der Waals surface area contributed by atoms with E-state index in [0.29, 0.717) is 11.3 Å². The molecule has 2 N–H and O–H groups in total. The van der Waals surface area contributed by atoms with Crippen LogP contribution in [0.2, 0.25) is 0 Å². The summed E-state index contributed by atoms with van der Waals surface area (Å²) in [6.45, 7) is 0. The summed E-state index contributed by atoms with van der Waals surface area (Å²) in [6, 6.07) is 6.88. The van der Waals surface area contributed by atoms with Crippen molar-refractivity contribution >= 4 is 24.0 Å². The number of amides is 1. The summed E-state index contributed by atoms with van der Waals surface area (Å²) in [5.74, 6) is -0.00463. The van der Waals surface area contributed by atoms with Crippen LogP contribution in [0.25, 0.3) is 0 Å². The number of hydrogen-bond donors (Lipinski definition) is 1. The molecule has 0 fully saturated rings. The van der Waals surface area contributed by atoms with Crippen molar-refractivity contribution < 1.29 is 4.79 Å². The molecule has 0 unspecified atom stereocenters. The maximum absolute atomic E-state index is 11.3. The molecular formula is C9H13ClN2O. The monoisotopic (exact) mass is 200 g/mol. The fourth-order valence-corrected chi connectivity index (χ4v) is 0.884. The first-order chi connectivity index (χ1) is 5.61. The molecule has 0 atom stereocenters. The highest BCUT2D eigenvalue weighted by Crippen LogP contribution is 2.06. The molecule has 1 rings (SSSR count). The normalized spacial score (nSPS) is 8.77. The van der Waals surface area contributed by atoms with Gasteiger partial charge in [-0.3, -0.25) is 4.79 Å². The van der Waals surface area contributed by atoms with Gasteiger partial charge < -0.3 is 10.6 Å². The third-order valence-electron chi connectivity index (χ3n) is 1.56. The standard InChI is InChI=1S/C9H12N2O.ClH/c1-11(2)9(12)7-3-5-8(10)6-4-7;/h3-6H,10H2,1-2H3;1H. The maximum Gasteiger partial charge on any atom is 0.253 e. The molecule has 0 heterocycles. The fourth-order valence-electron chi connectivity index (χ4n) is 0.884. The zero-order valence-corrected chi connectivity index (χ0v) is 8.47. The molecule has 0 aliphatic carbocycles. The molecule has 1 amide bonds. The average molecular weight is 201 g/mol. The van der Waals surface area contributed by atoms with Crippen molar-refractivity contribution in [3.8, 4) is 0 Å². The van der Waals surface area contributed by atoms with Crippen molar-refractivity contribution in [2.24, 2.45) is 0 Å². The van der Waals surface area contributed by atoms with Crippen LogP contribution >= 0.6 is 12.4 Å². The number of carbonyl (C=O) groups excluding carboxylic acids is 1. The second kappa shape index (κ2) is 4.72. The van der Waals surface area contributed by atoms with Crippen LogP contribution in [-0.4, -0.2) is 24.9 Å². The minimum atomic E-state index is -0.00463. The summed E-state index contributed by atoms with van der Waals surface area (Å²) < 4.78 is 0. The van der Waals surface area contributed by atoms with Crippen LogP contribution in [0.4, 0.5) is 5.69 Å². The number of nitrogens with zero attached hydrogens (tertiary/aromatic N) is 1. The smallest absolute Gasteiger partial charge is 0.253 e. The van der Waals surface area contributed by atoms with Crippen LogP contribution in [0.3, 0.4) is 0 Å². The predicted octanol–water partition coefficient (Wildman–Crippen LogP) is 1.39. The van der Waals surface area contributed by atoms with Gasteiger partial charge >= 0.3 is 0 Å². The summed E-state index contributed by atoms with van der Waals surface area (Å²) in [6.07, 6.45) is 0. The molecule has 0 spiro atoms. The van der Waals surface area contributed by atoms with E-state index in [2.05, 4.69) is 0 Å². The molecule has 0 aliphatic heterocycles. The molecule has 0 bridgehead atoms. The van der Waals surface area contributed by atoms with Crippen LogP contribution in [0, 0.1) is 0 Å². The second-order valence-electron chi connectivity index (χ2n) is 2.82. The molecule has 1 aromatic rings. The Bertz CT molecular complexity index is 282. The molecule has 0 aromatic heterocycles. The largest absolute Gasteiger partial charge is 0.399 e. The first-order valence-corrected chi connectivity index (χ1v) is 3.68. The SMILES string of the molecule is CN(C)C(=O)c1ccc(N)cc1.Cl. The van der Waals surface area contributed by atoms with Crippen molar-refractivity contribution in [3.05, 3.63) is 29.8 Å². The molecule has 0 saturated carbocycles. The lowest BCUT2D eigenvalue weighted by Gasteiger charge is -2.09. The summed E-state index contributed by atoms with van der Waals surface area (Å²) >= 11 is 0. The Balaban J connectivity index is 0.00000144. The van der Waals surface area contributed by atoms with Crippen molar-refractivity contribution in [1.82, 2.24) is 4.90 Å². The molecule has 0 aliphatic rings. The summed E-state index contributed by atoms with van der Waals surface area (Å²) in [5.41, 5.74) is 6.81. The van der Waals surface area contributed by atoms with Crippen LogP contribution in [0.15, 0.2) is 24.3 Å². The number of halogens is 1. The van der Waals surface area contributed by atoms with Gasteiger partial charge in [-0.2, -0.15) is 0 Å². The Morgan fingerprint density at radius 2 is 1.69 bits per heavy atom. The Labute approximate surface area is 83.9 Å². The van der Waals surface area contributed by atoms with Gasteiger partial charge in [-0.15, -0.1) is 12.4 Å². The Kier molecular flexibility index (Phi) is 4.28. The van der Waals surface area contributed by atoms with Gasteiger partial charge in [0.05, 0.1) is 0 Å². The number of anilines is 1.